The summed E-state index contributed by atoms with van der Waals surface area (Å²) in [5.41, 5.74) is -0.999. The van der Waals surface area contributed by atoms with Crippen LogP contribution >= 0.6 is 0 Å². The molecule has 0 bridgehead atoms. The summed E-state index contributed by atoms with van der Waals surface area (Å²) in [5, 5.41) is 2.71. The number of hydrogen-bond donors (Lipinski definition) is 1. The lowest BCUT2D eigenvalue weighted by Crippen LogP contribution is -2.14. The molecule has 2 aromatic rings. The molecule has 0 spiro atoms. The van der Waals surface area contributed by atoms with Crippen molar-refractivity contribution in [1.82, 2.24) is 15.0 Å². The third-order valence-corrected chi connectivity index (χ3v) is 2.30. The second kappa shape index (κ2) is 4.87. The first-order chi connectivity index (χ1) is 8.86. The predicted molar refractivity (Wildman–Crippen MR) is 60.3 cm³/mol. The number of nitrogens with zero attached hydrogens (tertiary/aromatic N) is 3. The lowest BCUT2D eigenvalue weighted by Gasteiger charge is -2.11. The molecule has 0 radical (unpaired) electrons. The minimum atomic E-state index is -4.50. The highest BCUT2D eigenvalue weighted by Gasteiger charge is 2.32. The maximum absolute atomic E-state index is 12.5. The van der Waals surface area contributed by atoms with Gasteiger partial charge in [0.25, 0.3) is 0 Å². The lowest BCUT2D eigenvalue weighted by atomic mass is 10.3. The molecule has 5 nitrogen and oxygen atoms in total. The number of oxazole rings is 1. The van der Waals surface area contributed by atoms with Crippen molar-refractivity contribution in [2.24, 2.45) is 0 Å². The van der Waals surface area contributed by atoms with E-state index < -0.39 is 17.9 Å². The van der Waals surface area contributed by atoms with Gasteiger partial charge in [-0.3, -0.25) is 0 Å². The molecule has 19 heavy (non-hydrogen) atoms. The van der Waals surface area contributed by atoms with Gasteiger partial charge in [0.05, 0.1) is 6.20 Å². The molecule has 0 aliphatic carbocycles. The number of aromatic nitrogens is 3. The summed E-state index contributed by atoms with van der Waals surface area (Å²) >= 11 is 0. The molecule has 0 saturated carbocycles. The van der Waals surface area contributed by atoms with Crippen molar-refractivity contribution < 1.29 is 17.6 Å². The molecule has 0 aliphatic heterocycles. The van der Waals surface area contributed by atoms with Crippen molar-refractivity contribution >= 4 is 5.95 Å². The molecule has 2 heterocycles. The first-order valence-electron chi connectivity index (χ1n) is 5.45. The second-order valence-electron chi connectivity index (χ2n) is 3.94. The van der Waals surface area contributed by atoms with Crippen LogP contribution in [0.5, 0.6) is 0 Å². The summed E-state index contributed by atoms with van der Waals surface area (Å²) in [6, 6.07) is 0.377. The second-order valence-corrected chi connectivity index (χ2v) is 3.94. The fourth-order valence-electron chi connectivity index (χ4n) is 1.41. The van der Waals surface area contributed by atoms with Crippen molar-refractivity contribution in [2.75, 3.05) is 5.32 Å². The monoisotopic (exact) mass is 272 g/mol. The summed E-state index contributed by atoms with van der Waals surface area (Å²) in [6.07, 6.45) is -1.92. The highest BCUT2D eigenvalue weighted by molar-refractivity contribution is 5.28. The maximum atomic E-state index is 12.5. The van der Waals surface area contributed by atoms with Crippen LogP contribution in [-0.2, 0) is 6.18 Å². The Morgan fingerprint density at radius 3 is 2.63 bits per heavy atom. The van der Waals surface area contributed by atoms with Crippen LogP contribution < -0.4 is 5.32 Å². The van der Waals surface area contributed by atoms with Gasteiger partial charge in [0.15, 0.2) is 0 Å². The Morgan fingerprint density at radius 2 is 2.05 bits per heavy atom. The molecule has 102 valence electrons. The SMILES string of the molecule is Cc1cnc(C(C)Nc2nccc(C(F)(F)F)n2)o1. The Labute approximate surface area is 106 Å². The molecule has 0 fully saturated rings. The molecule has 0 saturated heterocycles. The minimum absolute atomic E-state index is 0.127. The fraction of sp³-hybridized carbons (Fsp3) is 0.364. The molecule has 8 heteroatoms. The molecule has 0 aromatic carbocycles. The quantitative estimate of drug-likeness (QED) is 0.930. The van der Waals surface area contributed by atoms with Crippen LogP contribution in [0.25, 0.3) is 0 Å². The van der Waals surface area contributed by atoms with Crippen LogP contribution in [0.3, 0.4) is 0 Å². The number of anilines is 1. The Bertz CT molecular complexity index is 567. The zero-order valence-electron chi connectivity index (χ0n) is 10.2. The number of hydrogen-bond acceptors (Lipinski definition) is 5. The Morgan fingerprint density at radius 1 is 1.32 bits per heavy atom. The van der Waals surface area contributed by atoms with E-state index in [4.69, 9.17) is 4.42 Å². The molecular formula is C11H11F3N4O. The first-order valence-corrected chi connectivity index (χ1v) is 5.45. The van der Waals surface area contributed by atoms with Crippen molar-refractivity contribution in [3.63, 3.8) is 0 Å². The van der Waals surface area contributed by atoms with Gasteiger partial charge in [0.2, 0.25) is 11.8 Å². The van der Waals surface area contributed by atoms with E-state index in [0.29, 0.717) is 11.7 Å². The van der Waals surface area contributed by atoms with Crippen molar-refractivity contribution in [3.8, 4) is 0 Å². The van der Waals surface area contributed by atoms with Crippen molar-refractivity contribution in [1.29, 1.82) is 0 Å². The van der Waals surface area contributed by atoms with Gasteiger partial charge in [-0.05, 0) is 19.9 Å². The minimum Gasteiger partial charge on any atom is -0.444 e. The third-order valence-electron chi connectivity index (χ3n) is 2.30. The predicted octanol–water partition coefficient (Wildman–Crippen LogP) is 2.96. The average molecular weight is 272 g/mol. The molecule has 1 unspecified atom stereocenters. The van der Waals surface area contributed by atoms with Gasteiger partial charge in [-0.15, -0.1) is 0 Å². The smallest absolute Gasteiger partial charge is 0.433 e. The van der Waals surface area contributed by atoms with Gasteiger partial charge >= 0.3 is 6.18 Å². The fourth-order valence-corrected chi connectivity index (χ4v) is 1.41. The van der Waals surface area contributed by atoms with E-state index in [1.54, 1.807) is 13.8 Å². The van der Waals surface area contributed by atoms with Gasteiger partial charge in [-0.2, -0.15) is 13.2 Å². The molecule has 0 aliphatic rings. The summed E-state index contributed by atoms with van der Waals surface area (Å²) < 4.78 is 42.7. The Kier molecular flexibility index (Phi) is 3.41. The van der Waals surface area contributed by atoms with Crippen LogP contribution in [-0.4, -0.2) is 15.0 Å². The number of rotatable bonds is 3. The van der Waals surface area contributed by atoms with Crippen LogP contribution in [0, 0.1) is 6.92 Å². The van der Waals surface area contributed by atoms with Gasteiger partial charge < -0.3 is 9.73 Å². The summed E-state index contributed by atoms with van der Waals surface area (Å²) in [4.78, 5) is 11.1. The van der Waals surface area contributed by atoms with Crippen LogP contribution in [0.1, 0.15) is 30.3 Å². The zero-order chi connectivity index (χ0) is 14.0. The van der Waals surface area contributed by atoms with Crippen molar-refractivity contribution in [3.05, 3.63) is 35.8 Å². The highest BCUT2D eigenvalue weighted by atomic mass is 19.4. The maximum Gasteiger partial charge on any atom is 0.433 e. The van der Waals surface area contributed by atoms with Gasteiger partial charge in [-0.25, -0.2) is 15.0 Å². The molecule has 0 amide bonds. The van der Waals surface area contributed by atoms with Crippen LogP contribution in [0.15, 0.2) is 22.9 Å². The largest absolute Gasteiger partial charge is 0.444 e. The number of nitrogens with one attached hydrogen (secondary N) is 1. The standard InChI is InChI=1S/C11H11F3N4O/c1-6-5-16-9(19-6)7(2)17-10-15-4-3-8(18-10)11(12,13)14/h3-5,7H,1-2H3,(H,15,17,18). The Balaban J connectivity index is 2.15. The van der Waals surface area contributed by atoms with E-state index >= 15 is 0 Å². The normalized spacial score (nSPS) is 13.3. The van der Waals surface area contributed by atoms with E-state index in [1.807, 2.05) is 0 Å². The molecule has 1 atom stereocenters. The number of alkyl halides is 3. The molecular weight excluding hydrogens is 261 g/mol. The first kappa shape index (κ1) is 13.3. The van der Waals surface area contributed by atoms with E-state index in [-0.39, 0.29) is 5.95 Å². The van der Waals surface area contributed by atoms with E-state index in [0.717, 1.165) is 12.3 Å². The lowest BCUT2D eigenvalue weighted by molar-refractivity contribution is -0.141. The highest BCUT2D eigenvalue weighted by Crippen LogP contribution is 2.28. The summed E-state index contributed by atoms with van der Waals surface area (Å²) in [7, 11) is 0. The van der Waals surface area contributed by atoms with Crippen molar-refractivity contribution in [2.45, 2.75) is 26.1 Å². The number of halogens is 3. The number of aryl methyl sites for hydroxylation is 1. The van der Waals surface area contributed by atoms with Crippen LogP contribution in [0.2, 0.25) is 0 Å². The topological polar surface area (TPSA) is 63.8 Å². The van der Waals surface area contributed by atoms with Gasteiger partial charge in [-0.1, -0.05) is 0 Å². The molecule has 2 rings (SSSR count). The van der Waals surface area contributed by atoms with Gasteiger partial charge in [0, 0.05) is 6.20 Å². The van der Waals surface area contributed by atoms with Crippen LogP contribution in [0.4, 0.5) is 19.1 Å². The molecule has 1 N–H and O–H groups in total. The average Bonchev–Trinajstić information content (AvgIpc) is 2.75. The zero-order valence-corrected chi connectivity index (χ0v) is 10.2. The van der Waals surface area contributed by atoms with E-state index in [2.05, 4.69) is 20.3 Å². The van der Waals surface area contributed by atoms with E-state index in [1.165, 1.54) is 6.20 Å². The Hall–Kier alpha value is -2.12. The van der Waals surface area contributed by atoms with Gasteiger partial charge in [0.1, 0.15) is 17.5 Å². The summed E-state index contributed by atoms with van der Waals surface area (Å²) in [6.45, 7) is 3.42. The molecule has 2 aromatic heterocycles. The summed E-state index contributed by atoms with van der Waals surface area (Å²) in [5.74, 6) is 0.852. The van der Waals surface area contributed by atoms with E-state index in [9.17, 15) is 13.2 Å². The third kappa shape index (κ3) is 3.21.